The highest BCUT2D eigenvalue weighted by molar-refractivity contribution is 5.79. The fourth-order valence-corrected chi connectivity index (χ4v) is 3.44. The fourth-order valence-electron chi connectivity index (χ4n) is 3.44. The summed E-state index contributed by atoms with van der Waals surface area (Å²) in [7, 11) is 0. The Balaban J connectivity index is 2.76. The third-order valence-electron chi connectivity index (χ3n) is 5.01. The molecule has 0 aliphatic heterocycles. The monoisotopic (exact) mass is 298 g/mol. The van der Waals surface area contributed by atoms with E-state index in [1.54, 1.807) is 0 Å². The van der Waals surface area contributed by atoms with Gasteiger partial charge in [0.25, 0.3) is 0 Å². The molecule has 21 heavy (non-hydrogen) atoms. The summed E-state index contributed by atoms with van der Waals surface area (Å²) in [5, 5.41) is 13.0. The topological polar surface area (TPSA) is 52.6 Å². The first-order valence-electron chi connectivity index (χ1n) is 8.74. The van der Waals surface area contributed by atoms with Crippen LogP contribution in [0.4, 0.5) is 0 Å². The molecule has 0 saturated heterocycles. The van der Waals surface area contributed by atoms with Crippen LogP contribution >= 0.6 is 0 Å². The molecule has 0 heterocycles. The molecule has 0 spiro atoms. The van der Waals surface area contributed by atoms with Gasteiger partial charge in [0, 0.05) is 12.1 Å². The van der Waals surface area contributed by atoms with Crippen LogP contribution in [-0.4, -0.2) is 46.7 Å². The Hall–Kier alpha value is -0.610. The van der Waals surface area contributed by atoms with Crippen molar-refractivity contribution in [2.75, 3.05) is 13.1 Å². The van der Waals surface area contributed by atoms with Gasteiger partial charge in [0.15, 0.2) is 0 Å². The second kappa shape index (κ2) is 8.74. The lowest BCUT2D eigenvalue weighted by Crippen LogP contribution is -2.52. The van der Waals surface area contributed by atoms with Crippen LogP contribution in [0.3, 0.4) is 0 Å². The highest BCUT2D eigenvalue weighted by Crippen LogP contribution is 2.35. The maximum atomic E-state index is 11.8. The number of hydrogen-bond donors (Lipinski definition) is 2. The fraction of sp³-hybridized carbons (Fsp3) is 0.941. The highest BCUT2D eigenvalue weighted by Gasteiger charge is 2.46. The van der Waals surface area contributed by atoms with E-state index in [-0.39, 0.29) is 0 Å². The number of carbonyl (C=O) groups is 1. The molecule has 3 unspecified atom stereocenters. The van der Waals surface area contributed by atoms with Crippen molar-refractivity contribution in [1.29, 1.82) is 0 Å². The van der Waals surface area contributed by atoms with E-state index in [0.717, 1.165) is 45.2 Å². The number of nitrogens with one attached hydrogen (secondary N) is 1. The molecule has 4 heteroatoms. The largest absolute Gasteiger partial charge is 0.480 e. The molecule has 124 valence electrons. The number of unbranched alkanes of at least 4 members (excludes halogenated alkanes) is 1. The average molecular weight is 298 g/mol. The molecule has 3 atom stereocenters. The standard InChI is InChI=1S/C17H34N2O2/c1-5-8-12-19(14(4)7-3)15-9-10-17(13-15,16(20)21)18-11-6-2/h14-15,18H,5-13H2,1-4H3,(H,20,21). The van der Waals surface area contributed by atoms with Crippen LogP contribution in [-0.2, 0) is 4.79 Å². The first-order chi connectivity index (χ1) is 10.0. The molecule has 1 aliphatic rings. The van der Waals surface area contributed by atoms with Gasteiger partial charge in [-0.15, -0.1) is 0 Å². The van der Waals surface area contributed by atoms with Crippen molar-refractivity contribution in [2.24, 2.45) is 0 Å². The van der Waals surface area contributed by atoms with E-state index in [2.05, 4.69) is 37.9 Å². The molecule has 4 nitrogen and oxygen atoms in total. The highest BCUT2D eigenvalue weighted by atomic mass is 16.4. The van der Waals surface area contributed by atoms with Crippen molar-refractivity contribution in [2.45, 2.75) is 90.3 Å². The van der Waals surface area contributed by atoms with Gasteiger partial charge in [0.05, 0.1) is 0 Å². The molecule has 0 bridgehead atoms. The normalized spacial score (nSPS) is 27.2. The summed E-state index contributed by atoms with van der Waals surface area (Å²) in [5.41, 5.74) is -0.696. The molecule has 0 aromatic rings. The lowest BCUT2D eigenvalue weighted by atomic mass is 9.96. The molecular formula is C17H34N2O2. The maximum Gasteiger partial charge on any atom is 0.323 e. The Labute approximate surface area is 130 Å². The number of rotatable bonds is 10. The summed E-state index contributed by atoms with van der Waals surface area (Å²) in [5.74, 6) is -0.668. The second-order valence-electron chi connectivity index (χ2n) is 6.56. The van der Waals surface area contributed by atoms with Gasteiger partial charge < -0.3 is 10.4 Å². The van der Waals surface area contributed by atoms with Crippen molar-refractivity contribution >= 4 is 5.97 Å². The molecule has 2 N–H and O–H groups in total. The first-order valence-corrected chi connectivity index (χ1v) is 8.74. The summed E-state index contributed by atoms with van der Waals surface area (Å²) in [6, 6.07) is 0.948. The molecular weight excluding hydrogens is 264 g/mol. The molecule has 0 aromatic heterocycles. The molecule has 0 aromatic carbocycles. The van der Waals surface area contributed by atoms with Gasteiger partial charge in [-0.25, -0.2) is 0 Å². The third kappa shape index (κ3) is 4.68. The van der Waals surface area contributed by atoms with Crippen LogP contribution in [0.15, 0.2) is 0 Å². The summed E-state index contributed by atoms with van der Waals surface area (Å²) in [6.07, 6.45) is 6.99. The zero-order valence-electron chi connectivity index (χ0n) is 14.3. The van der Waals surface area contributed by atoms with E-state index >= 15 is 0 Å². The van der Waals surface area contributed by atoms with Crippen molar-refractivity contribution < 1.29 is 9.90 Å². The van der Waals surface area contributed by atoms with Gasteiger partial charge in [-0.1, -0.05) is 27.2 Å². The number of hydrogen-bond acceptors (Lipinski definition) is 3. The lowest BCUT2D eigenvalue weighted by molar-refractivity contribution is -0.144. The number of nitrogens with zero attached hydrogens (tertiary/aromatic N) is 1. The van der Waals surface area contributed by atoms with Crippen molar-refractivity contribution in [1.82, 2.24) is 10.2 Å². The lowest BCUT2D eigenvalue weighted by Gasteiger charge is -2.35. The van der Waals surface area contributed by atoms with Gasteiger partial charge in [-0.2, -0.15) is 0 Å². The minimum Gasteiger partial charge on any atom is -0.480 e. The van der Waals surface area contributed by atoms with E-state index in [1.165, 1.54) is 12.8 Å². The van der Waals surface area contributed by atoms with E-state index in [1.807, 2.05) is 0 Å². The third-order valence-corrected chi connectivity index (χ3v) is 5.01. The molecule has 1 aliphatic carbocycles. The van der Waals surface area contributed by atoms with Crippen LogP contribution in [0.2, 0.25) is 0 Å². The number of carboxylic acids is 1. The minimum atomic E-state index is -0.696. The second-order valence-corrected chi connectivity index (χ2v) is 6.56. The zero-order valence-corrected chi connectivity index (χ0v) is 14.3. The Bertz CT molecular complexity index is 322. The summed E-state index contributed by atoms with van der Waals surface area (Å²) in [6.45, 7) is 10.7. The molecule has 1 fully saturated rings. The summed E-state index contributed by atoms with van der Waals surface area (Å²) in [4.78, 5) is 14.3. The Morgan fingerprint density at radius 2 is 2.10 bits per heavy atom. The van der Waals surface area contributed by atoms with E-state index in [9.17, 15) is 9.90 Å². The zero-order chi connectivity index (χ0) is 15.9. The van der Waals surface area contributed by atoms with Crippen LogP contribution in [0.5, 0.6) is 0 Å². The molecule has 0 amide bonds. The maximum absolute atomic E-state index is 11.8. The van der Waals surface area contributed by atoms with Gasteiger partial charge in [0.2, 0.25) is 0 Å². The van der Waals surface area contributed by atoms with E-state index in [0.29, 0.717) is 12.1 Å². The van der Waals surface area contributed by atoms with E-state index < -0.39 is 11.5 Å². The summed E-state index contributed by atoms with van der Waals surface area (Å²) < 4.78 is 0. The quantitative estimate of drug-likeness (QED) is 0.650. The van der Waals surface area contributed by atoms with Crippen molar-refractivity contribution in [3.05, 3.63) is 0 Å². The van der Waals surface area contributed by atoms with Gasteiger partial charge in [0.1, 0.15) is 5.54 Å². The predicted molar refractivity (Wildman–Crippen MR) is 87.7 cm³/mol. The minimum absolute atomic E-state index is 0.409. The van der Waals surface area contributed by atoms with Crippen LogP contribution in [0, 0.1) is 0 Å². The SMILES string of the molecule is CCCCN(C(C)CC)C1CCC(NCCC)(C(=O)O)C1. The van der Waals surface area contributed by atoms with Gasteiger partial charge in [-0.05, 0) is 58.5 Å². The van der Waals surface area contributed by atoms with Crippen LogP contribution in [0.25, 0.3) is 0 Å². The van der Waals surface area contributed by atoms with Gasteiger partial charge in [-0.3, -0.25) is 9.69 Å². The first kappa shape index (κ1) is 18.4. The molecule has 1 saturated carbocycles. The van der Waals surface area contributed by atoms with Crippen molar-refractivity contribution in [3.8, 4) is 0 Å². The Kier molecular flexibility index (Phi) is 7.67. The predicted octanol–water partition coefficient (Wildman–Crippen LogP) is 3.26. The van der Waals surface area contributed by atoms with Crippen LogP contribution < -0.4 is 5.32 Å². The van der Waals surface area contributed by atoms with E-state index in [4.69, 9.17) is 0 Å². The van der Waals surface area contributed by atoms with Crippen LogP contribution in [0.1, 0.15) is 72.6 Å². The van der Waals surface area contributed by atoms with Gasteiger partial charge >= 0.3 is 5.97 Å². The molecule has 1 rings (SSSR count). The number of carboxylic acid groups (broad SMARTS) is 1. The number of aliphatic carboxylic acids is 1. The molecule has 0 radical (unpaired) electrons. The van der Waals surface area contributed by atoms with Crippen molar-refractivity contribution in [3.63, 3.8) is 0 Å². The Morgan fingerprint density at radius 3 is 2.62 bits per heavy atom. The Morgan fingerprint density at radius 1 is 1.38 bits per heavy atom. The average Bonchev–Trinajstić information content (AvgIpc) is 2.91. The summed E-state index contributed by atoms with van der Waals surface area (Å²) >= 11 is 0. The smallest absolute Gasteiger partial charge is 0.323 e.